The van der Waals surface area contributed by atoms with Crippen molar-refractivity contribution >= 4 is 34.6 Å². The molecule has 2 unspecified atom stereocenters. The van der Waals surface area contributed by atoms with Gasteiger partial charge in [0.25, 0.3) is 0 Å². The number of rotatable bonds is 4. The number of nitrogens with one attached hydrogen (secondary N) is 1. The summed E-state index contributed by atoms with van der Waals surface area (Å²) in [6.45, 7) is 0.401. The van der Waals surface area contributed by atoms with Crippen molar-refractivity contribution in [1.82, 2.24) is 5.48 Å². The van der Waals surface area contributed by atoms with E-state index < -0.39 is 35.9 Å². The quantitative estimate of drug-likeness (QED) is 0.601. The molecule has 5 N–H and O–H groups in total. The normalized spacial score (nSPS) is 24.9. The molecule has 0 radical (unpaired) electrons. The molecule has 1 aliphatic heterocycles. The van der Waals surface area contributed by atoms with Crippen molar-refractivity contribution in [2.45, 2.75) is 31.0 Å². The molecule has 1 heterocycles. The van der Waals surface area contributed by atoms with Crippen LogP contribution in [0.25, 0.3) is 0 Å². The van der Waals surface area contributed by atoms with Gasteiger partial charge in [0.15, 0.2) is 0 Å². The maximum atomic E-state index is 13.5. The Kier molecular flexibility index (Phi) is 8.71. The van der Waals surface area contributed by atoms with Crippen molar-refractivity contribution in [2.75, 3.05) is 20.3 Å². The summed E-state index contributed by atoms with van der Waals surface area (Å²) in [5, 5.41) is -0.324. The highest BCUT2D eigenvalue weighted by Crippen LogP contribution is 2.41. The van der Waals surface area contributed by atoms with Crippen LogP contribution in [0.1, 0.15) is 12.0 Å². The van der Waals surface area contributed by atoms with Crippen molar-refractivity contribution in [2.24, 2.45) is 16.5 Å². The number of nitrogens with zero attached hydrogens (tertiary/aromatic N) is 1. The third-order valence-electron chi connectivity index (χ3n) is 4.00. The van der Waals surface area contributed by atoms with Crippen LogP contribution in [0.15, 0.2) is 29.4 Å². The van der Waals surface area contributed by atoms with E-state index in [1.54, 1.807) is 0 Å². The van der Waals surface area contributed by atoms with E-state index >= 15 is 0 Å². The van der Waals surface area contributed by atoms with E-state index in [0.717, 1.165) is 12.3 Å². The first-order chi connectivity index (χ1) is 13.7. The summed E-state index contributed by atoms with van der Waals surface area (Å²) in [4.78, 5) is 9.34. The lowest BCUT2D eigenvalue weighted by molar-refractivity contribution is -0.137. The third kappa shape index (κ3) is 6.54. The molecule has 1 aromatic rings. The van der Waals surface area contributed by atoms with Crippen LogP contribution in [0, 0.1) is 0 Å². The van der Waals surface area contributed by atoms with Gasteiger partial charge in [-0.1, -0.05) is 23.2 Å². The lowest BCUT2D eigenvalue weighted by atomic mass is 10.0. The van der Waals surface area contributed by atoms with Crippen LogP contribution in [-0.4, -0.2) is 44.4 Å². The zero-order valence-electron chi connectivity index (χ0n) is 15.4. The van der Waals surface area contributed by atoms with E-state index in [1.807, 2.05) is 0 Å². The summed E-state index contributed by atoms with van der Waals surface area (Å²) in [5.74, 6) is 0. The number of methoxy groups -OCH3 is 1. The largest absolute Gasteiger partial charge is 0.418 e. The maximum Gasteiger partial charge on any atom is 0.418 e. The molecule has 0 saturated carbocycles. The van der Waals surface area contributed by atoms with Crippen molar-refractivity contribution in [3.63, 3.8) is 0 Å². The Morgan fingerprint density at radius 3 is 2.66 bits per heavy atom. The van der Waals surface area contributed by atoms with Crippen molar-refractivity contribution in [3.05, 3.63) is 40.0 Å². The average Bonchev–Trinajstić information content (AvgIpc) is 2.73. The molecule has 3 atom stereocenters. The summed E-state index contributed by atoms with van der Waals surface area (Å²) < 4.78 is 51.7. The molecule has 1 aliphatic rings. The molecule has 0 aromatic heterocycles. The van der Waals surface area contributed by atoms with Gasteiger partial charge in [-0.2, -0.15) is 18.7 Å². The second kappa shape index (κ2) is 10.6. The highest BCUT2D eigenvalue weighted by Gasteiger charge is 2.35. The minimum absolute atomic E-state index is 0.0700. The molecule has 0 aliphatic carbocycles. The molecule has 0 bridgehead atoms. The summed E-state index contributed by atoms with van der Waals surface area (Å²) in [6.07, 6.45) is -4.29. The number of benzene rings is 1. The van der Waals surface area contributed by atoms with Gasteiger partial charge in [-0.3, -0.25) is 0 Å². The Balaban J connectivity index is 2.59. The van der Waals surface area contributed by atoms with Gasteiger partial charge in [-0.15, -0.1) is 0 Å². The van der Waals surface area contributed by atoms with Gasteiger partial charge in [0.1, 0.15) is 12.3 Å². The highest BCUT2D eigenvalue weighted by atomic mass is 35.5. The summed E-state index contributed by atoms with van der Waals surface area (Å²) in [5.41, 5.74) is 12.6. The van der Waals surface area contributed by atoms with Gasteiger partial charge >= 0.3 is 6.18 Å². The Bertz CT molecular complexity index is 762. The number of nitrogens with two attached hydrogens (primary N) is 2. The van der Waals surface area contributed by atoms with Crippen molar-refractivity contribution < 1.29 is 27.5 Å². The van der Waals surface area contributed by atoms with Crippen molar-refractivity contribution in [1.29, 1.82) is 0 Å². The summed E-state index contributed by atoms with van der Waals surface area (Å²) in [6, 6.07) is 1.74. The fourth-order valence-electron chi connectivity index (χ4n) is 2.65. The molecule has 1 fully saturated rings. The molecular formula is C17H21Cl2F3N4O3. The Morgan fingerprint density at radius 2 is 2.03 bits per heavy atom. The standard InChI is InChI=1S/C17H21Cl2F3N4O3/c1-27-14-3-5-28-25-8-15(24)29-16(14)12(2-4-23)26-13-7-11(19)10(18)6-9(13)17(20,21)22/h2,4,6-7,14-16,25H,3,5,8,23-24H2,1H3/t14-,15?,16?/m0/s1. The minimum Gasteiger partial charge on any atom is -0.405 e. The fraction of sp³-hybridized carbons (Fsp3) is 0.471. The zero-order chi connectivity index (χ0) is 21.6. The summed E-state index contributed by atoms with van der Waals surface area (Å²) in [7, 11) is 1.43. The molecule has 162 valence electrons. The number of ether oxygens (including phenoxy) is 2. The number of hydroxylamine groups is 1. The second-order valence-corrected chi connectivity index (χ2v) is 6.85. The molecular weight excluding hydrogens is 436 g/mol. The van der Waals surface area contributed by atoms with Crippen LogP contribution >= 0.6 is 23.2 Å². The molecule has 2 rings (SSSR count). The number of hydrogen-bond donors (Lipinski definition) is 3. The number of alkyl halides is 3. The van der Waals surface area contributed by atoms with Crippen LogP contribution < -0.4 is 16.9 Å². The predicted molar refractivity (Wildman–Crippen MR) is 104 cm³/mol. The van der Waals surface area contributed by atoms with E-state index in [0.29, 0.717) is 12.5 Å². The van der Waals surface area contributed by atoms with E-state index in [4.69, 9.17) is 49.0 Å². The van der Waals surface area contributed by atoms with Gasteiger partial charge in [-0.25, -0.2) is 4.99 Å². The van der Waals surface area contributed by atoms with E-state index in [1.165, 1.54) is 13.2 Å². The summed E-state index contributed by atoms with van der Waals surface area (Å²) >= 11 is 11.7. The van der Waals surface area contributed by atoms with Gasteiger partial charge in [-0.05, 0) is 24.4 Å². The van der Waals surface area contributed by atoms with Crippen LogP contribution in [0.3, 0.4) is 0 Å². The lowest BCUT2D eigenvalue weighted by Gasteiger charge is -2.28. The molecule has 1 saturated heterocycles. The topological polar surface area (TPSA) is 104 Å². The zero-order valence-corrected chi connectivity index (χ0v) is 16.9. The number of halogens is 5. The first-order valence-corrected chi connectivity index (χ1v) is 9.24. The van der Waals surface area contributed by atoms with Crippen LogP contribution in [0.2, 0.25) is 10.0 Å². The van der Waals surface area contributed by atoms with Gasteiger partial charge < -0.3 is 25.8 Å². The lowest BCUT2D eigenvalue weighted by Crippen LogP contribution is -2.44. The first kappa shape index (κ1) is 23.9. The van der Waals surface area contributed by atoms with E-state index in [-0.39, 0.29) is 28.9 Å². The van der Waals surface area contributed by atoms with Crippen molar-refractivity contribution in [3.8, 4) is 0 Å². The molecule has 0 amide bonds. The van der Waals surface area contributed by atoms with Gasteiger partial charge in [0.05, 0.1) is 46.3 Å². The van der Waals surface area contributed by atoms with Gasteiger partial charge in [0.2, 0.25) is 0 Å². The smallest absolute Gasteiger partial charge is 0.405 e. The first-order valence-electron chi connectivity index (χ1n) is 8.49. The average molecular weight is 457 g/mol. The highest BCUT2D eigenvalue weighted by molar-refractivity contribution is 6.42. The fourth-order valence-corrected chi connectivity index (χ4v) is 2.98. The van der Waals surface area contributed by atoms with E-state index in [2.05, 4.69) is 10.5 Å². The van der Waals surface area contributed by atoms with E-state index in [9.17, 15) is 13.2 Å². The molecule has 7 nitrogen and oxygen atoms in total. The molecule has 0 spiro atoms. The van der Waals surface area contributed by atoms with Gasteiger partial charge in [0, 0.05) is 13.5 Å². The second-order valence-electron chi connectivity index (χ2n) is 6.03. The van der Waals surface area contributed by atoms with Crippen LogP contribution in [0.4, 0.5) is 18.9 Å². The Hall–Kier alpha value is -1.40. The number of hydrogen-bond acceptors (Lipinski definition) is 7. The van der Waals surface area contributed by atoms with Crippen LogP contribution in [0.5, 0.6) is 0 Å². The maximum absolute atomic E-state index is 13.5. The Morgan fingerprint density at radius 1 is 1.34 bits per heavy atom. The monoisotopic (exact) mass is 456 g/mol. The molecule has 12 heteroatoms. The molecule has 1 aromatic carbocycles. The predicted octanol–water partition coefficient (Wildman–Crippen LogP) is 3.17. The Labute approximate surface area is 175 Å². The van der Waals surface area contributed by atoms with Crippen LogP contribution in [-0.2, 0) is 20.5 Å². The SMILES string of the molecule is CO[C@H]1CCONCC(N)OC1C(C=CN)=Nc1cc(Cl)c(Cl)cc1C(F)(F)F. The molecule has 29 heavy (non-hydrogen) atoms. The third-order valence-corrected chi connectivity index (χ3v) is 4.73. The minimum atomic E-state index is -4.71. The number of aliphatic imine (C=N–C) groups is 1.